The minimum absolute atomic E-state index is 0.114. The quantitative estimate of drug-likeness (QED) is 0.773. The van der Waals surface area contributed by atoms with E-state index in [9.17, 15) is 14.4 Å². The van der Waals surface area contributed by atoms with Gasteiger partial charge in [0.25, 0.3) is 5.91 Å². The molecule has 3 heterocycles. The van der Waals surface area contributed by atoms with E-state index in [4.69, 9.17) is 0 Å². The number of carbonyl (C=O) groups is 3. The second kappa shape index (κ2) is 7.69. The fourth-order valence-electron chi connectivity index (χ4n) is 4.96. The van der Waals surface area contributed by atoms with Crippen molar-refractivity contribution in [3.05, 3.63) is 70.8 Å². The van der Waals surface area contributed by atoms with Gasteiger partial charge in [0, 0.05) is 31.1 Å². The molecule has 0 bridgehead atoms. The number of fused-ring (bicyclic) bond motifs is 1. The van der Waals surface area contributed by atoms with Gasteiger partial charge in [-0.25, -0.2) is 0 Å². The van der Waals surface area contributed by atoms with Gasteiger partial charge in [0.05, 0.1) is 0 Å². The number of benzene rings is 2. The molecule has 0 saturated carbocycles. The molecule has 6 heteroatoms. The zero-order chi connectivity index (χ0) is 20.7. The maximum absolute atomic E-state index is 12.9. The van der Waals surface area contributed by atoms with E-state index in [-0.39, 0.29) is 24.1 Å². The predicted molar refractivity (Wildman–Crippen MR) is 112 cm³/mol. The van der Waals surface area contributed by atoms with Crippen molar-refractivity contribution in [2.75, 3.05) is 6.54 Å². The van der Waals surface area contributed by atoms with Gasteiger partial charge in [-0.2, -0.15) is 0 Å². The third kappa shape index (κ3) is 3.41. The van der Waals surface area contributed by atoms with E-state index in [1.165, 1.54) is 11.1 Å². The molecule has 3 aliphatic heterocycles. The van der Waals surface area contributed by atoms with Crippen LogP contribution in [-0.2, 0) is 16.1 Å². The van der Waals surface area contributed by atoms with Gasteiger partial charge in [0.2, 0.25) is 11.8 Å². The Morgan fingerprint density at radius 3 is 2.47 bits per heavy atom. The molecule has 2 saturated heterocycles. The second-order valence-electron chi connectivity index (χ2n) is 8.46. The zero-order valence-electron chi connectivity index (χ0n) is 16.8. The predicted octanol–water partition coefficient (Wildman–Crippen LogP) is 2.66. The Labute approximate surface area is 175 Å². The van der Waals surface area contributed by atoms with Gasteiger partial charge in [-0.1, -0.05) is 42.5 Å². The Morgan fingerprint density at radius 2 is 1.73 bits per heavy atom. The minimum atomic E-state index is -0.561. The first kappa shape index (κ1) is 19.0. The SMILES string of the molecule is O=C1CCC(N2Cc3cc(C4CCC(c5ccccc5)NC4)ccc3C2=O)C(=O)N1. The highest BCUT2D eigenvalue weighted by molar-refractivity contribution is 6.05. The van der Waals surface area contributed by atoms with Crippen molar-refractivity contribution < 1.29 is 14.4 Å². The molecule has 0 aliphatic carbocycles. The smallest absolute Gasteiger partial charge is 0.255 e. The second-order valence-corrected chi connectivity index (χ2v) is 8.46. The average Bonchev–Trinajstić information content (AvgIpc) is 3.10. The lowest BCUT2D eigenvalue weighted by Crippen LogP contribution is -2.52. The van der Waals surface area contributed by atoms with Crippen LogP contribution in [-0.4, -0.2) is 35.2 Å². The van der Waals surface area contributed by atoms with Crippen molar-refractivity contribution in [2.45, 2.75) is 50.2 Å². The largest absolute Gasteiger partial charge is 0.322 e. The molecule has 2 N–H and O–H groups in total. The third-order valence-corrected chi connectivity index (χ3v) is 6.64. The third-order valence-electron chi connectivity index (χ3n) is 6.64. The Kier molecular flexibility index (Phi) is 4.87. The number of carbonyl (C=O) groups excluding carboxylic acids is 3. The Hall–Kier alpha value is -2.99. The first-order valence-electron chi connectivity index (χ1n) is 10.7. The highest BCUT2D eigenvalue weighted by atomic mass is 16.2. The lowest BCUT2D eigenvalue weighted by molar-refractivity contribution is -0.136. The number of imide groups is 1. The summed E-state index contributed by atoms with van der Waals surface area (Å²) in [5.74, 6) is -0.329. The number of hydrogen-bond acceptors (Lipinski definition) is 4. The summed E-state index contributed by atoms with van der Waals surface area (Å²) in [7, 11) is 0. The van der Waals surface area contributed by atoms with Gasteiger partial charge in [-0.05, 0) is 47.9 Å². The summed E-state index contributed by atoms with van der Waals surface area (Å²) in [4.78, 5) is 38.1. The molecule has 154 valence electrons. The standard InChI is InChI=1S/C24H25N3O3/c28-22-11-10-21(23(29)26-22)27-14-18-12-16(6-8-19(18)24(27)30)17-7-9-20(25-13-17)15-4-2-1-3-5-15/h1-6,8,12,17,20-21,25H,7,9-11,13-14H2,(H,26,28,29). The summed E-state index contributed by atoms with van der Waals surface area (Å²) >= 11 is 0. The summed E-state index contributed by atoms with van der Waals surface area (Å²) in [5, 5.41) is 6.02. The molecule has 2 fully saturated rings. The van der Waals surface area contributed by atoms with E-state index in [0.717, 1.165) is 24.9 Å². The molecule has 3 amide bonds. The number of nitrogens with zero attached hydrogens (tertiary/aromatic N) is 1. The van der Waals surface area contributed by atoms with Crippen LogP contribution in [0.4, 0.5) is 0 Å². The van der Waals surface area contributed by atoms with Gasteiger partial charge in [0.15, 0.2) is 0 Å². The molecule has 2 aromatic rings. The highest BCUT2D eigenvalue weighted by Gasteiger charge is 2.39. The van der Waals surface area contributed by atoms with Crippen LogP contribution in [0.3, 0.4) is 0 Å². The molecule has 2 aromatic carbocycles. The van der Waals surface area contributed by atoms with Gasteiger partial charge in [0.1, 0.15) is 6.04 Å². The van der Waals surface area contributed by atoms with E-state index >= 15 is 0 Å². The van der Waals surface area contributed by atoms with E-state index in [2.05, 4.69) is 47.0 Å². The Balaban J connectivity index is 1.28. The summed E-state index contributed by atoms with van der Waals surface area (Å²) in [5.41, 5.74) is 4.22. The van der Waals surface area contributed by atoms with Crippen LogP contribution in [0.15, 0.2) is 48.5 Å². The lowest BCUT2D eigenvalue weighted by Gasteiger charge is -2.30. The van der Waals surface area contributed by atoms with Gasteiger partial charge >= 0.3 is 0 Å². The monoisotopic (exact) mass is 403 g/mol. The van der Waals surface area contributed by atoms with E-state index in [1.807, 2.05) is 12.1 Å². The van der Waals surface area contributed by atoms with Crippen molar-refractivity contribution in [2.24, 2.45) is 0 Å². The molecular weight excluding hydrogens is 378 g/mol. The normalized spacial score (nSPS) is 26.5. The highest BCUT2D eigenvalue weighted by Crippen LogP contribution is 2.34. The summed E-state index contributed by atoms with van der Waals surface area (Å²) in [6.07, 6.45) is 2.84. The fourth-order valence-corrected chi connectivity index (χ4v) is 4.96. The van der Waals surface area contributed by atoms with Crippen molar-refractivity contribution in [3.8, 4) is 0 Å². The molecule has 3 aliphatic rings. The molecule has 0 radical (unpaired) electrons. The van der Waals surface area contributed by atoms with Crippen LogP contribution in [0.2, 0.25) is 0 Å². The summed E-state index contributed by atoms with van der Waals surface area (Å²) in [6.45, 7) is 1.34. The van der Waals surface area contributed by atoms with Crippen LogP contribution >= 0.6 is 0 Å². The first-order valence-corrected chi connectivity index (χ1v) is 10.7. The average molecular weight is 403 g/mol. The van der Waals surface area contributed by atoms with E-state index in [0.29, 0.717) is 30.5 Å². The topological polar surface area (TPSA) is 78.5 Å². The maximum Gasteiger partial charge on any atom is 0.255 e. The van der Waals surface area contributed by atoms with Crippen LogP contribution < -0.4 is 10.6 Å². The molecule has 0 aromatic heterocycles. The van der Waals surface area contributed by atoms with Crippen molar-refractivity contribution in [1.29, 1.82) is 0 Å². The zero-order valence-corrected chi connectivity index (χ0v) is 16.8. The van der Waals surface area contributed by atoms with Crippen LogP contribution in [0, 0.1) is 0 Å². The van der Waals surface area contributed by atoms with Crippen molar-refractivity contribution >= 4 is 17.7 Å². The molecular formula is C24H25N3O3. The number of rotatable bonds is 3. The molecule has 3 unspecified atom stereocenters. The molecule has 3 atom stereocenters. The van der Waals surface area contributed by atoms with Gasteiger partial charge < -0.3 is 10.2 Å². The van der Waals surface area contributed by atoms with Crippen LogP contribution in [0.25, 0.3) is 0 Å². The molecule has 6 nitrogen and oxygen atoms in total. The summed E-state index contributed by atoms with van der Waals surface area (Å²) < 4.78 is 0. The Bertz CT molecular complexity index is 996. The maximum atomic E-state index is 12.9. The molecule has 30 heavy (non-hydrogen) atoms. The number of nitrogens with one attached hydrogen (secondary N) is 2. The van der Waals surface area contributed by atoms with Crippen LogP contribution in [0.1, 0.15) is 64.7 Å². The number of piperidine rings is 2. The van der Waals surface area contributed by atoms with E-state index in [1.54, 1.807) is 4.90 Å². The van der Waals surface area contributed by atoms with Crippen molar-refractivity contribution in [1.82, 2.24) is 15.5 Å². The van der Waals surface area contributed by atoms with Crippen molar-refractivity contribution in [3.63, 3.8) is 0 Å². The van der Waals surface area contributed by atoms with Crippen LogP contribution in [0.5, 0.6) is 0 Å². The Morgan fingerprint density at radius 1 is 0.900 bits per heavy atom. The molecule has 5 rings (SSSR count). The summed E-state index contributed by atoms with van der Waals surface area (Å²) in [6, 6.07) is 16.5. The number of amides is 3. The number of hydrogen-bond donors (Lipinski definition) is 2. The first-order chi connectivity index (χ1) is 14.6. The lowest BCUT2D eigenvalue weighted by atomic mass is 9.85. The minimum Gasteiger partial charge on any atom is -0.322 e. The van der Waals surface area contributed by atoms with E-state index < -0.39 is 6.04 Å². The van der Waals surface area contributed by atoms with Gasteiger partial charge in [-0.15, -0.1) is 0 Å². The fraction of sp³-hybridized carbons (Fsp3) is 0.375. The molecule has 0 spiro atoms. The van der Waals surface area contributed by atoms with Gasteiger partial charge in [-0.3, -0.25) is 19.7 Å².